The Balaban J connectivity index is 1.57. The van der Waals surface area contributed by atoms with Crippen LogP contribution in [0.4, 0.5) is 0 Å². The van der Waals surface area contributed by atoms with Gasteiger partial charge in [0.2, 0.25) is 0 Å². The van der Waals surface area contributed by atoms with Crippen LogP contribution in [-0.2, 0) is 14.6 Å². The van der Waals surface area contributed by atoms with Gasteiger partial charge in [0.25, 0.3) is 0 Å². The van der Waals surface area contributed by atoms with E-state index in [2.05, 4.69) is 41.6 Å². The highest BCUT2D eigenvalue weighted by molar-refractivity contribution is 8.00. The van der Waals surface area contributed by atoms with Gasteiger partial charge in [-0.3, -0.25) is 16.0 Å². The van der Waals surface area contributed by atoms with E-state index in [1.807, 2.05) is 0 Å². The second-order valence-corrected chi connectivity index (χ2v) is 12.4. The lowest BCUT2D eigenvalue weighted by Crippen LogP contribution is -2.68. The van der Waals surface area contributed by atoms with E-state index in [0.717, 1.165) is 44.0 Å². The third kappa shape index (κ3) is 6.31. The Hall–Kier alpha value is 0.140. The van der Waals surface area contributed by atoms with Crippen molar-refractivity contribution in [3.63, 3.8) is 0 Å². The normalized spacial score (nSPS) is 38.4. The highest BCUT2D eigenvalue weighted by atomic mass is 32.2. The third-order valence-corrected chi connectivity index (χ3v) is 9.19. The Kier molecular flexibility index (Phi) is 7.90. The van der Waals surface area contributed by atoms with E-state index in [0.29, 0.717) is 5.92 Å². The van der Waals surface area contributed by atoms with E-state index in [1.165, 1.54) is 24.9 Å². The first kappa shape index (κ1) is 21.8. The SMILES string of the molecule is CC(C)OC1NCC(NCC2CCCS2)NC1C1CCC(S(C)(=O)=O)CC1. The summed E-state index contributed by atoms with van der Waals surface area (Å²) in [6, 6.07) is 0.218. The molecule has 2 aliphatic heterocycles. The molecule has 2 saturated heterocycles. The minimum atomic E-state index is -2.92. The van der Waals surface area contributed by atoms with Crippen LogP contribution in [0.3, 0.4) is 0 Å². The molecule has 0 radical (unpaired) electrons. The fourth-order valence-electron chi connectivity index (χ4n) is 4.63. The molecule has 0 aromatic carbocycles. The Morgan fingerprint density at radius 3 is 2.52 bits per heavy atom. The number of rotatable bonds is 7. The molecular formula is C19H37N3O3S2. The molecule has 1 saturated carbocycles. The summed E-state index contributed by atoms with van der Waals surface area (Å²) < 4.78 is 29.9. The van der Waals surface area contributed by atoms with E-state index in [-0.39, 0.29) is 29.8 Å². The predicted molar refractivity (Wildman–Crippen MR) is 113 cm³/mol. The van der Waals surface area contributed by atoms with Crippen LogP contribution in [0.1, 0.15) is 52.4 Å². The molecule has 8 heteroatoms. The Bertz CT molecular complexity index is 559. The van der Waals surface area contributed by atoms with Crippen LogP contribution in [-0.4, -0.2) is 68.6 Å². The smallest absolute Gasteiger partial charge is 0.150 e. The van der Waals surface area contributed by atoms with Gasteiger partial charge in [-0.25, -0.2) is 8.42 Å². The minimum Gasteiger partial charge on any atom is -0.359 e. The van der Waals surface area contributed by atoms with Crippen LogP contribution in [0.25, 0.3) is 0 Å². The summed E-state index contributed by atoms with van der Waals surface area (Å²) in [6.07, 6.45) is 7.86. The third-order valence-electron chi connectivity index (χ3n) is 6.11. The first-order chi connectivity index (χ1) is 12.8. The van der Waals surface area contributed by atoms with Crippen molar-refractivity contribution in [1.29, 1.82) is 0 Å². The molecule has 0 amide bonds. The van der Waals surface area contributed by atoms with Gasteiger partial charge in [0.15, 0.2) is 0 Å². The number of hydrogen-bond acceptors (Lipinski definition) is 7. The molecular weight excluding hydrogens is 382 g/mol. The topological polar surface area (TPSA) is 79.5 Å². The fourth-order valence-corrected chi connectivity index (χ4v) is 6.98. The molecule has 27 heavy (non-hydrogen) atoms. The minimum absolute atomic E-state index is 0.0105. The number of sulfone groups is 1. The summed E-state index contributed by atoms with van der Waals surface area (Å²) in [5.74, 6) is 1.74. The summed E-state index contributed by atoms with van der Waals surface area (Å²) >= 11 is 2.08. The van der Waals surface area contributed by atoms with Gasteiger partial charge in [-0.1, -0.05) is 0 Å². The van der Waals surface area contributed by atoms with Crippen LogP contribution in [0, 0.1) is 5.92 Å². The zero-order valence-corrected chi connectivity index (χ0v) is 18.6. The van der Waals surface area contributed by atoms with Crippen molar-refractivity contribution in [3.8, 4) is 0 Å². The quantitative estimate of drug-likeness (QED) is 0.580. The zero-order valence-electron chi connectivity index (χ0n) is 16.9. The number of hydrogen-bond donors (Lipinski definition) is 3. The molecule has 1 aliphatic carbocycles. The molecule has 0 aromatic rings. The second-order valence-electron chi connectivity index (χ2n) is 8.67. The van der Waals surface area contributed by atoms with Crippen molar-refractivity contribution in [2.75, 3.05) is 25.1 Å². The lowest BCUT2D eigenvalue weighted by molar-refractivity contribution is -0.0674. The maximum Gasteiger partial charge on any atom is 0.150 e. The first-order valence-corrected chi connectivity index (χ1v) is 13.5. The number of nitrogens with one attached hydrogen (secondary N) is 3. The van der Waals surface area contributed by atoms with Gasteiger partial charge in [0.1, 0.15) is 16.1 Å². The van der Waals surface area contributed by atoms with Gasteiger partial charge in [-0.2, -0.15) is 11.8 Å². The summed E-state index contributed by atoms with van der Waals surface area (Å²) in [4.78, 5) is 0. The van der Waals surface area contributed by atoms with Gasteiger partial charge < -0.3 is 4.74 Å². The van der Waals surface area contributed by atoms with Gasteiger partial charge in [-0.05, 0) is 64.0 Å². The monoisotopic (exact) mass is 419 g/mol. The maximum atomic E-state index is 11.9. The number of ether oxygens (including phenoxy) is 1. The lowest BCUT2D eigenvalue weighted by atomic mass is 9.82. The Labute approximate surface area is 169 Å². The van der Waals surface area contributed by atoms with E-state index in [4.69, 9.17) is 4.74 Å². The van der Waals surface area contributed by atoms with Gasteiger partial charge >= 0.3 is 0 Å². The predicted octanol–water partition coefficient (Wildman–Crippen LogP) is 1.71. The molecule has 4 unspecified atom stereocenters. The Morgan fingerprint density at radius 1 is 1.19 bits per heavy atom. The number of piperazine rings is 1. The molecule has 4 atom stereocenters. The molecule has 3 N–H and O–H groups in total. The molecule has 3 fully saturated rings. The molecule has 3 rings (SSSR count). The van der Waals surface area contributed by atoms with E-state index >= 15 is 0 Å². The highest BCUT2D eigenvalue weighted by Gasteiger charge is 2.39. The van der Waals surface area contributed by atoms with Crippen LogP contribution < -0.4 is 16.0 Å². The second kappa shape index (κ2) is 9.76. The van der Waals surface area contributed by atoms with Gasteiger partial charge in [0, 0.05) is 24.6 Å². The summed E-state index contributed by atoms with van der Waals surface area (Å²) in [5, 5.41) is 11.7. The first-order valence-electron chi connectivity index (χ1n) is 10.5. The average Bonchev–Trinajstić information content (AvgIpc) is 3.13. The molecule has 6 nitrogen and oxygen atoms in total. The Morgan fingerprint density at radius 2 is 1.93 bits per heavy atom. The summed E-state index contributed by atoms with van der Waals surface area (Å²) in [5.41, 5.74) is 0. The van der Waals surface area contributed by atoms with Gasteiger partial charge in [-0.15, -0.1) is 0 Å². The van der Waals surface area contributed by atoms with Gasteiger partial charge in [0.05, 0.1) is 23.6 Å². The molecule has 0 spiro atoms. The molecule has 2 heterocycles. The zero-order chi connectivity index (χ0) is 19.4. The highest BCUT2D eigenvalue weighted by Crippen LogP contribution is 2.32. The van der Waals surface area contributed by atoms with E-state index in [1.54, 1.807) is 0 Å². The van der Waals surface area contributed by atoms with Crippen LogP contribution in [0.2, 0.25) is 0 Å². The van der Waals surface area contributed by atoms with Crippen molar-refractivity contribution in [1.82, 2.24) is 16.0 Å². The molecule has 158 valence electrons. The van der Waals surface area contributed by atoms with E-state index < -0.39 is 9.84 Å². The van der Waals surface area contributed by atoms with Crippen LogP contribution in [0.5, 0.6) is 0 Å². The van der Waals surface area contributed by atoms with Crippen LogP contribution >= 0.6 is 11.8 Å². The van der Waals surface area contributed by atoms with Crippen molar-refractivity contribution < 1.29 is 13.2 Å². The lowest BCUT2D eigenvalue weighted by Gasteiger charge is -2.44. The van der Waals surface area contributed by atoms with Crippen molar-refractivity contribution in [2.45, 2.75) is 87.4 Å². The summed E-state index contributed by atoms with van der Waals surface area (Å²) in [6.45, 7) is 6.04. The summed E-state index contributed by atoms with van der Waals surface area (Å²) in [7, 11) is -2.92. The van der Waals surface area contributed by atoms with Crippen molar-refractivity contribution in [2.24, 2.45) is 5.92 Å². The van der Waals surface area contributed by atoms with Crippen LogP contribution in [0.15, 0.2) is 0 Å². The molecule has 0 aromatic heterocycles. The number of thioether (sulfide) groups is 1. The largest absolute Gasteiger partial charge is 0.359 e. The maximum absolute atomic E-state index is 11.9. The van der Waals surface area contributed by atoms with Crippen molar-refractivity contribution >= 4 is 21.6 Å². The van der Waals surface area contributed by atoms with Crippen molar-refractivity contribution in [3.05, 3.63) is 0 Å². The fraction of sp³-hybridized carbons (Fsp3) is 1.00. The molecule has 3 aliphatic rings. The standard InChI is InChI=1S/C19H37N3O3S2/c1-13(2)25-19-18(14-6-8-16(9-7-14)27(3,23)24)22-17(12-21-19)20-11-15-5-4-10-26-15/h13-22H,4-12H2,1-3H3. The molecule has 0 bridgehead atoms. The average molecular weight is 420 g/mol. The van der Waals surface area contributed by atoms with E-state index in [9.17, 15) is 8.42 Å².